The predicted octanol–water partition coefficient (Wildman–Crippen LogP) is 2.76. The first-order valence-electron chi connectivity index (χ1n) is 29.3. The molecule has 0 saturated carbocycles. The molecule has 0 fully saturated rings. The lowest BCUT2D eigenvalue weighted by Gasteiger charge is -2.22. The Morgan fingerprint density at radius 2 is 0.644 bits per heavy atom. The van der Waals surface area contributed by atoms with Gasteiger partial charge in [0.1, 0.15) is 47.2 Å². The molecule has 0 spiro atoms. The van der Waals surface area contributed by atoms with Crippen molar-refractivity contribution in [2.75, 3.05) is 75.9 Å². The van der Waals surface area contributed by atoms with Gasteiger partial charge in [0.2, 0.25) is 23.6 Å². The molecule has 20 N–H and O–H groups in total. The number of anilines is 4. The van der Waals surface area contributed by atoms with Crippen LogP contribution in [-0.4, -0.2) is 154 Å². The summed E-state index contributed by atoms with van der Waals surface area (Å²) in [5, 5.41) is 40.1. The summed E-state index contributed by atoms with van der Waals surface area (Å²) in [6.07, 6.45) is 3.85. The highest BCUT2D eigenvalue weighted by Crippen LogP contribution is 2.28. The first-order chi connectivity index (χ1) is 43.1. The van der Waals surface area contributed by atoms with Crippen molar-refractivity contribution in [2.45, 2.75) is 120 Å². The maximum Gasteiger partial charge on any atom is 0.326 e. The van der Waals surface area contributed by atoms with Gasteiger partial charge >= 0.3 is 11.9 Å². The number of hydrogen-bond donors (Lipinski definition) is 15. The molecule has 29 nitrogen and oxygen atoms in total. The summed E-state index contributed by atoms with van der Waals surface area (Å²) in [5.74, 6) is -8.18. The van der Waals surface area contributed by atoms with Crippen LogP contribution in [0, 0.1) is 0 Å². The highest BCUT2D eigenvalue weighted by molar-refractivity contribution is 6.08. The summed E-state index contributed by atoms with van der Waals surface area (Å²) >= 11 is 0. The molecule has 4 aromatic carbocycles. The molecule has 90 heavy (non-hydrogen) atoms. The van der Waals surface area contributed by atoms with E-state index in [-0.39, 0.29) is 100 Å². The first-order valence-corrected chi connectivity index (χ1v) is 29.3. The fourth-order valence-corrected chi connectivity index (χ4v) is 9.17. The number of carboxylic acid groups (broad SMARTS) is 2. The molecule has 4 rings (SSSR count). The van der Waals surface area contributed by atoms with Gasteiger partial charge in [-0.25, -0.2) is 4.79 Å². The van der Waals surface area contributed by atoms with Gasteiger partial charge in [-0.1, -0.05) is 6.42 Å². The largest absolute Gasteiger partial charge is 0.496 e. The van der Waals surface area contributed by atoms with Crippen LogP contribution in [-0.2, 0) is 28.8 Å². The third kappa shape index (κ3) is 22.9. The first kappa shape index (κ1) is 73.1. The minimum Gasteiger partial charge on any atom is -0.496 e. The summed E-state index contributed by atoms with van der Waals surface area (Å²) in [7, 11) is 5.26. The molecule has 490 valence electrons. The number of rotatable bonds is 40. The molecule has 0 aliphatic rings. The predicted molar refractivity (Wildman–Crippen MR) is 336 cm³/mol. The number of benzene rings is 4. The Morgan fingerprint density at radius 1 is 0.378 bits per heavy atom. The molecule has 1 unspecified atom stereocenters. The summed E-state index contributed by atoms with van der Waals surface area (Å²) < 4.78 is 21.8. The summed E-state index contributed by atoms with van der Waals surface area (Å²) in [5.41, 5.74) is 29.2. The van der Waals surface area contributed by atoms with Gasteiger partial charge in [0, 0.05) is 29.2 Å². The molecular weight excluding hydrogens is 1170 g/mol. The second-order valence-corrected chi connectivity index (χ2v) is 20.7. The number of hydrogen-bond acceptors (Lipinski definition) is 19. The van der Waals surface area contributed by atoms with Gasteiger partial charge < -0.3 is 100 Å². The second-order valence-electron chi connectivity index (χ2n) is 20.7. The quantitative estimate of drug-likeness (QED) is 0.0285. The molecule has 0 aromatic heterocycles. The molecule has 0 heterocycles. The van der Waals surface area contributed by atoms with Gasteiger partial charge in [0.05, 0.1) is 56.7 Å². The standard InChI is InChI=1S/C61H85N13O16/c1-87-48-22-17-35(67-57(81)43(66)13-5-9-27-62)31-39(48)53(77)71-44(14-6-10-28-63)58(82)68-36-18-23-49(88-2)40(32-36)54(78)72-45(15-7-11-29-64)59(83)69-37-19-24-50(89-3)41(33-37)55(79)73-46(16-8-12-30-65)60(84)70-38-20-25-51(90-4)42(34-38)56(80)74-47(61(85)86)21-26-52(75)76/h17-20,22-25,31-34,43-47H,5-16,21,26-30,62-66H2,1-4H3,(H,67,81)(H,68,82)(H,69,83)(H,70,84)(H,71,77)(H,72,78)(H,73,79)(H,74,80)(H,75,76)(H,85,86)/t43-,44?,45-,46-,47-/m0/s1. The minimum absolute atomic E-state index is 0.00658. The second kappa shape index (κ2) is 38.1. The van der Waals surface area contributed by atoms with Crippen molar-refractivity contribution in [3.63, 3.8) is 0 Å². The molecule has 0 radical (unpaired) electrons. The molecule has 5 atom stereocenters. The van der Waals surface area contributed by atoms with Crippen LogP contribution < -0.4 is 90.2 Å². The van der Waals surface area contributed by atoms with Crippen LogP contribution in [0.15, 0.2) is 72.8 Å². The van der Waals surface area contributed by atoms with Crippen LogP contribution in [0.4, 0.5) is 22.7 Å². The van der Waals surface area contributed by atoms with Crippen LogP contribution in [0.3, 0.4) is 0 Å². The number of carboxylic acids is 2. The third-order valence-electron chi connectivity index (χ3n) is 14.1. The number of ether oxygens (including phenoxy) is 4. The molecule has 0 aliphatic heterocycles. The van der Waals surface area contributed by atoms with E-state index in [1.54, 1.807) is 6.07 Å². The number of nitrogens with two attached hydrogens (primary N) is 5. The van der Waals surface area contributed by atoms with E-state index in [1.165, 1.54) is 95.2 Å². The fraction of sp³-hybridized carbons (Fsp3) is 0.443. The van der Waals surface area contributed by atoms with E-state index in [2.05, 4.69) is 42.5 Å². The van der Waals surface area contributed by atoms with Crippen LogP contribution in [0.2, 0.25) is 0 Å². The average molecular weight is 1260 g/mol. The molecule has 4 aromatic rings. The van der Waals surface area contributed by atoms with Crippen LogP contribution in [0.1, 0.15) is 131 Å². The molecule has 0 saturated heterocycles. The van der Waals surface area contributed by atoms with E-state index >= 15 is 0 Å². The number of unbranched alkanes of at least 4 members (excludes halogenated alkanes) is 4. The van der Waals surface area contributed by atoms with Gasteiger partial charge in [-0.05, 0) is 176 Å². The minimum atomic E-state index is -1.56. The SMILES string of the molecule is COc1ccc(NC(=O)[C@@H](N)CCCCN)cc1C(=O)NC(CCCCN)C(=O)Nc1ccc(OC)c(C(=O)N[C@@H](CCCCN)C(=O)Nc2ccc(OC)c(C(=O)N[C@@H](CCCCN)C(=O)Nc3ccc(OC)c(C(=O)N[C@@H](CCC(=O)O)C(=O)O)c3)c2)c1. The van der Waals surface area contributed by atoms with Gasteiger partial charge in [0.25, 0.3) is 23.6 Å². The van der Waals surface area contributed by atoms with Crippen molar-refractivity contribution in [1.29, 1.82) is 0 Å². The van der Waals surface area contributed by atoms with E-state index in [1.807, 2.05) is 0 Å². The molecule has 8 amide bonds. The topological polar surface area (TPSA) is 474 Å². The number of carbonyl (C=O) groups is 10. The lowest BCUT2D eigenvalue weighted by Crippen LogP contribution is -2.44. The maximum atomic E-state index is 14.3. The molecular formula is C61H85N13O16. The monoisotopic (exact) mass is 1260 g/mol. The van der Waals surface area contributed by atoms with Gasteiger partial charge in [0.15, 0.2) is 0 Å². The summed E-state index contributed by atoms with van der Waals surface area (Å²) in [6, 6.07) is 10.9. The van der Waals surface area contributed by atoms with Crippen LogP contribution in [0.25, 0.3) is 0 Å². The van der Waals surface area contributed by atoms with Gasteiger partial charge in [-0.15, -0.1) is 0 Å². The van der Waals surface area contributed by atoms with E-state index in [4.69, 9.17) is 52.7 Å². The Morgan fingerprint density at radius 3 is 0.900 bits per heavy atom. The van der Waals surface area contributed by atoms with E-state index in [0.717, 1.165) is 0 Å². The smallest absolute Gasteiger partial charge is 0.326 e. The highest BCUT2D eigenvalue weighted by Gasteiger charge is 2.30. The van der Waals surface area contributed by atoms with Crippen molar-refractivity contribution in [1.82, 2.24) is 21.3 Å². The Kier molecular flexibility index (Phi) is 30.9. The van der Waals surface area contributed by atoms with Crippen molar-refractivity contribution < 1.29 is 77.1 Å². The highest BCUT2D eigenvalue weighted by atomic mass is 16.5. The van der Waals surface area contributed by atoms with Crippen molar-refractivity contribution in [3.8, 4) is 23.0 Å². The zero-order valence-electron chi connectivity index (χ0n) is 51.0. The lowest BCUT2D eigenvalue weighted by atomic mass is 10.1. The Bertz CT molecular complexity index is 3130. The molecule has 0 bridgehead atoms. The van der Waals surface area contributed by atoms with Gasteiger partial charge in [-0.3, -0.25) is 43.2 Å². The number of nitrogens with one attached hydrogen (secondary N) is 8. The van der Waals surface area contributed by atoms with Crippen LogP contribution >= 0.6 is 0 Å². The van der Waals surface area contributed by atoms with Crippen molar-refractivity contribution in [2.24, 2.45) is 28.7 Å². The van der Waals surface area contributed by atoms with E-state index < -0.39 is 102 Å². The number of aliphatic carboxylic acids is 2. The Balaban J connectivity index is 1.56. The maximum absolute atomic E-state index is 14.3. The molecule has 0 aliphatic carbocycles. The number of methoxy groups -OCH3 is 4. The summed E-state index contributed by atoms with van der Waals surface area (Å²) in [6.45, 7) is 1.33. The lowest BCUT2D eigenvalue weighted by molar-refractivity contribution is -0.140. The Hall–Kier alpha value is -9.42. The summed E-state index contributed by atoms with van der Waals surface area (Å²) in [4.78, 5) is 134. The van der Waals surface area contributed by atoms with Crippen molar-refractivity contribution in [3.05, 3.63) is 95.1 Å². The zero-order chi connectivity index (χ0) is 66.3. The zero-order valence-corrected chi connectivity index (χ0v) is 51.0. The molecule has 29 heteroatoms. The third-order valence-corrected chi connectivity index (χ3v) is 14.1. The normalized spacial score (nSPS) is 12.5. The van der Waals surface area contributed by atoms with Crippen molar-refractivity contribution >= 4 is 81.9 Å². The number of amides is 8. The van der Waals surface area contributed by atoms with E-state index in [9.17, 15) is 53.1 Å². The Labute approximate surface area is 521 Å². The van der Waals surface area contributed by atoms with E-state index in [0.29, 0.717) is 70.9 Å². The average Bonchev–Trinajstić information content (AvgIpc) is 2.79. The fourth-order valence-electron chi connectivity index (χ4n) is 9.17. The van der Waals surface area contributed by atoms with Gasteiger partial charge in [-0.2, -0.15) is 0 Å². The van der Waals surface area contributed by atoms with Crippen LogP contribution in [0.5, 0.6) is 23.0 Å². The number of carbonyl (C=O) groups excluding carboxylic acids is 8.